The van der Waals surface area contributed by atoms with Crippen molar-refractivity contribution in [2.24, 2.45) is 0 Å². The molecule has 0 radical (unpaired) electrons. The van der Waals surface area contributed by atoms with Crippen LogP contribution in [0.5, 0.6) is 0 Å². The summed E-state index contributed by atoms with van der Waals surface area (Å²) in [5, 5.41) is 0. The number of hydrogen-bond donors (Lipinski definition) is 0. The molecule has 0 atom stereocenters. The van der Waals surface area contributed by atoms with Crippen LogP contribution < -0.4 is 0 Å². The molecule has 4 nitrogen and oxygen atoms in total. The van der Waals surface area contributed by atoms with Crippen LogP contribution in [0.2, 0.25) is 6.55 Å². The third-order valence-electron chi connectivity index (χ3n) is 1.63. The Balaban J connectivity index is 0. The van der Waals surface area contributed by atoms with Crippen LogP contribution in [-0.2, 0) is 17.7 Å². The van der Waals surface area contributed by atoms with E-state index in [1.165, 1.54) is 0 Å². The van der Waals surface area contributed by atoms with E-state index in [1.807, 2.05) is 27.3 Å². The Kier molecular flexibility index (Phi) is 15.5. The van der Waals surface area contributed by atoms with E-state index < -0.39 is 8.80 Å². The fourth-order valence-corrected chi connectivity index (χ4v) is 3.35. The van der Waals surface area contributed by atoms with E-state index in [4.69, 9.17) is 17.7 Å². The molecule has 0 N–H and O–H groups in total. The van der Waals surface area contributed by atoms with Gasteiger partial charge in [0.25, 0.3) is 0 Å². The molecule has 6 heteroatoms. The molecule has 0 aromatic carbocycles. The molecular weight excluding hydrogens is 240 g/mol. The lowest BCUT2D eigenvalue weighted by Gasteiger charge is -2.23. The molecule has 16 heavy (non-hydrogen) atoms. The second kappa shape index (κ2) is 13.3. The van der Waals surface area contributed by atoms with Gasteiger partial charge in [-0.05, 0) is 27.2 Å². The molecule has 0 aromatic rings. The van der Waals surface area contributed by atoms with Gasteiger partial charge in [0, 0.05) is 33.0 Å². The quantitative estimate of drug-likeness (QED) is 0.623. The van der Waals surface area contributed by atoms with Crippen LogP contribution in [0.4, 0.5) is 0 Å². The van der Waals surface area contributed by atoms with Crippen LogP contribution in [0, 0.1) is 0 Å². The molecule has 0 bridgehead atoms. The Morgan fingerprint density at radius 3 is 1.38 bits per heavy atom. The molecule has 0 fully saturated rings. The highest BCUT2D eigenvalue weighted by molar-refractivity contribution is 6.59. The number of hydrogen-bond acceptors (Lipinski definition) is 4. The predicted octanol–water partition coefficient (Wildman–Crippen LogP) is 1.36. The van der Waals surface area contributed by atoms with Gasteiger partial charge in [0.15, 0.2) is 0 Å². The van der Waals surface area contributed by atoms with Crippen LogP contribution in [-0.4, -0.2) is 45.7 Å². The van der Waals surface area contributed by atoms with Crippen LogP contribution in [0.1, 0.15) is 34.1 Å². The summed E-state index contributed by atoms with van der Waals surface area (Å²) in [4.78, 5) is 0. The Bertz CT molecular complexity index is 117. The van der Waals surface area contributed by atoms with Gasteiger partial charge >= 0.3 is 8.80 Å². The second-order valence-corrected chi connectivity index (χ2v) is 6.32. The Morgan fingerprint density at radius 2 is 1.25 bits per heavy atom. The van der Waals surface area contributed by atoms with Gasteiger partial charge < -0.3 is 17.7 Å². The summed E-state index contributed by atoms with van der Waals surface area (Å²) >= 11 is 0. The standard InChI is InChI=1S/C7H18O3Si.C3H10OSi/c1-5-8-11(4,9-6-2)10-7-3;1-2-3-4-5/h5-7H2,1-4H3;2-3H2,1,5H3. The summed E-state index contributed by atoms with van der Waals surface area (Å²) < 4.78 is 21.0. The molecule has 0 aromatic heterocycles. The van der Waals surface area contributed by atoms with E-state index >= 15 is 0 Å². The normalized spacial score (nSPS) is 11.1. The Morgan fingerprint density at radius 1 is 0.875 bits per heavy atom. The van der Waals surface area contributed by atoms with Crippen molar-refractivity contribution in [3.8, 4) is 0 Å². The maximum atomic E-state index is 5.40. The van der Waals surface area contributed by atoms with E-state index in [0.717, 1.165) is 23.5 Å². The van der Waals surface area contributed by atoms with Crippen molar-refractivity contribution in [2.45, 2.75) is 40.7 Å². The lowest BCUT2D eigenvalue weighted by Crippen LogP contribution is -2.42. The van der Waals surface area contributed by atoms with Gasteiger partial charge in [-0.25, -0.2) is 0 Å². The molecule has 0 heterocycles. The molecular formula is C10H28O4Si2. The van der Waals surface area contributed by atoms with Crippen molar-refractivity contribution >= 4 is 19.3 Å². The van der Waals surface area contributed by atoms with Crippen molar-refractivity contribution in [2.75, 3.05) is 26.4 Å². The van der Waals surface area contributed by atoms with Crippen LogP contribution in [0.3, 0.4) is 0 Å². The smallest absolute Gasteiger partial charge is 0.428 e. The molecule has 0 amide bonds. The van der Waals surface area contributed by atoms with Gasteiger partial charge in [-0.2, -0.15) is 0 Å². The minimum atomic E-state index is -2.25. The molecule has 0 saturated heterocycles. The fraction of sp³-hybridized carbons (Fsp3) is 1.00. The topological polar surface area (TPSA) is 36.9 Å². The van der Waals surface area contributed by atoms with Gasteiger partial charge in [-0.15, -0.1) is 0 Å². The minimum absolute atomic E-state index is 0.655. The van der Waals surface area contributed by atoms with Crippen molar-refractivity contribution in [1.82, 2.24) is 0 Å². The van der Waals surface area contributed by atoms with Gasteiger partial charge in [0.2, 0.25) is 0 Å². The number of rotatable bonds is 8. The van der Waals surface area contributed by atoms with Crippen LogP contribution in [0.15, 0.2) is 0 Å². The summed E-state index contributed by atoms with van der Waals surface area (Å²) in [5.41, 5.74) is 0. The first-order chi connectivity index (χ1) is 7.60. The highest BCUT2D eigenvalue weighted by Crippen LogP contribution is 2.08. The third-order valence-corrected chi connectivity index (χ3v) is 4.48. The summed E-state index contributed by atoms with van der Waals surface area (Å²) in [6, 6.07) is 0. The molecule has 0 spiro atoms. The second-order valence-electron chi connectivity index (χ2n) is 3.15. The van der Waals surface area contributed by atoms with Crippen LogP contribution in [0.25, 0.3) is 0 Å². The first kappa shape index (κ1) is 18.6. The monoisotopic (exact) mass is 268 g/mol. The SMILES string of the molecule is CCCO[SiH3].CCO[Si](C)(OCC)OCC. The predicted molar refractivity (Wildman–Crippen MR) is 72.7 cm³/mol. The molecule has 0 rings (SSSR count). The third kappa shape index (κ3) is 12.3. The van der Waals surface area contributed by atoms with E-state index in [-0.39, 0.29) is 0 Å². The summed E-state index contributed by atoms with van der Waals surface area (Å²) in [6.07, 6.45) is 1.16. The van der Waals surface area contributed by atoms with E-state index in [0.29, 0.717) is 19.8 Å². The molecule has 0 saturated carbocycles. The maximum absolute atomic E-state index is 5.40. The van der Waals surface area contributed by atoms with Crippen molar-refractivity contribution in [3.63, 3.8) is 0 Å². The summed E-state index contributed by atoms with van der Waals surface area (Å²) in [6.45, 7) is 12.8. The van der Waals surface area contributed by atoms with Gasteiger partial charge in [0.1, 0.15) is 10.5 Å². The molecule has 0 aliphatic heterocycles. The lowest BCUT2D eigenvalue weighted by atomic mass is 10.5. The van der Waals surface area contributed by atoms with Gasteiger partial charge in [0.05, 0.1) is 0 Å². The average Bonchev–Trinajstić information content (AvgIpc) is 2.20. The molecule has 0 aliphatic carbocycles. The van der Waals surface area contributed by atoms with Crippen molar-refractivity contribution in [1.29, 1.82) is 0 Å². The van der Waals surface area contributed by atoms with Crippen molar-refractivity contribution in [3.05, 3.63) is 0 Å². The zero-order chi connectivity index (χ0) is 12.9. The summed E-state index contributed by atoms with van der Waals surface area (Å²) in [7, 11) is -1.35. The van der Waals surface area contributed by atoms with Gasteiger partial charge in [-0.1, -0.05) is 6.92 Å². The molecule has 0 unspecified atom stereocenters. The maximum Gasteiger partial charge on any atom is 0.497 e. The van der Waals surface area contributed by atoms with Gasteiger partial charge in [-0.3, -0.25) is 0 Å². The Hall–Kier alpha value is 0.274. The fourth-order valence-electron chi connectivity index (χ4n) is 1.12. The minimum Gasteiger partial charge on any atom is -0.428 e. The first-order valence-electron chi connectivity index (χ1n) is 6.00. The van der Waals surface area contributed by atoms with E-state index in [1.54, 1.807) is 0 Å². The lowest BCUT2D eigenvalue weighted by molar-refractivity contribution is 0.0783. The summed E-state index contributed by atoms with van der Waals surface area (Å²) in [5.74, 6) is 0. The largest absolute Gasteiger partial charge is 0.497 e. The highest BCUT2D eigenvalue weighted by Gasteiger charge is 2.32. The average molecular weight is 269 g/mol. The van der Waals surface area contributed by atoms with E-state index in [2.05, 4.69) is 6.92 Å². The molecule has 100 valence electrons. The van der Waals surface area contributed by atoms with E-state index in [9.17, 15) is 0 Å². The first-order valence-corrected chi connectivity index (χ1v) is 9.04. The zero-order valence-electron chi connectivity index (χ0n) is 11.7. The zero-order valence-corrected chi connectivity index (χ0v) is 14.7. The Labute approximate surface area is 105 Å². The van der Waals surface area contributed by atoms with Crippen molar-refractivity contribution < 1.29 is 17.7 Å². The molecule has 0 aliphatic rings. The van der Waals surface area contributed by atoms with Crippen LogP contribution >= 0.6 is 0 Å². The highest BCUT2D eigenvalue weighted by atomic mass is 28.4.